The lowest BCUT2D eigenvalue weighted by molar-refractivity contribution is 0.306. The van der Waals surface area contributed by atoms with Crippen molar-refractivity contribution in [2.45, 2.75) is 6.61 Å². The fraction of sp³-hybridized carbons (Fsp3) is 0.0500. The largest absolute Gasteiger partial charge is 0.489 e. The topological polar surface area (TPSA) is 33.6 Å². The van der Waals surface area contributed by atoms with Crippen LogP contribution in [0.5, 0.6) is 5.75 Å². The zero-order valence-electron chi connectivity index (χ0n) is 13.3. The van der Waals surface area contributed by atoms with Crippen LogP contribution in [-0.2, 0) is 6.61 Å². The van der Waals surface area contributed by atoms with Gasteiger partial charge in [-0.1, -0.05) is 47.5 Å². The number of nitrogens with zero attached hydrogens (tertiary/aromatic N) is 1. The first-order chi connectivity index (χ1) is 12.2. The van der Waals surface area contributed by atoms with E-state index in [0.717, 1.165) is 22.6 Å². The number of para-hydroxylation sites is 1. The van der Waals surface area contributed by atoms with Crippen molar-refractivity contribution in [3.8, 4) is 5.75 Å². The molecule has 0 aliphatic heterocycles. The standard InChI is InChI=1S/C20H16Cl2N2O/c21-17-9-8-16(20(22)12-17)14-25-19-10-6-15(7-11-19)13-23-24-18-4-2-1-3-5-18/h1-13,24H,14H2. The average Bonchev–Trinajstić information content (AvgIpc) is 2.63. The highest BCUT2D eigenvalue weighted by Crippen LogP contribution is 2.22. The Kier molecular flexibility index (Phi) is 5.94. The first kappa shape index (κ1) is 17.3. The number of benzene rings is 3. The van der Waals surface area contributed by atoms with E-state index in [1.807, 2.05) is 60.7 Å². The van der Waals surface area contributed by atoms with Crippen LogP contribution in [0.4, 0.5) is 5.69 Å². The maximum absolute atomic E-state index is 6.14. The number of hydrazone groups is 1. The van der Waals surface area contributed by atoms with Crippen molar-refractivity contribution in [1.29, 1.82) is 0 Å². The maximum atomic E-state index is 6.14. The second-order valence-corrected chi connectivity index (χ2v) is 6.17. The quantitative estimate of drug-likeness (QED) is 0.425. The van der Waals surface area contributed by atoms with Crippen molar-refractivity contribution in [2.24, 2.45) is 5.10 Å². The highest BCUT2D eigenvalue weighted by molar-refractivity contribution is 6.35. The van der Waals surface area contributed by atoms with Gasteiger partial charge in [0.1, 0.15) is 12.4 Å². The van der Waals surface area contributed by atoms with Crippen molar-refractivity contribution < 1.29 is 4.74 Å². The van der Waals surface area contributed by atoms with E-state index in [-0.39, 0.29) is 0 Å². The van der Waals surface area contributed by atoms with E-state index in [4.69, 9.17) is 27.9 Å². The monoisotopic (exact) mass is 370 g/mol. The molecule has 1 N–H and O–H groups in total. The van der Waals surface area contributed by atoms with Gasteiger partial charge in [-0.15, -0.1) is 0 Å². The Morgan fingerprint density at radius 1 is 0.920 bits per heavy atom. The first-order valence-electron chi connectivity index (χ1n) is 7.71. The lowest BCUT2D eigenvalue weighted by Crippen LogP contribution is -1.96. The predicted octanol–water partition coefficient (Wildman–Crippen LogP) is 6.02. The number of nitrogens with one attached hydrogen (secondary N) is 1. The number of halogens is 2. The van der Waals surface area contributed by atoms with Crippen LogP contribution in [0, 0.1) is 0 Å². The van der Waals surface area contributed by atoms with Gasteiger partial charge in [0.25, 0.3) is 0 Å². The van der Waals surface area contributed by atoms with Gasteiger partial charge in [0.2, 0.25) is 0 Å². The molecule has 3 rings (SSSR count). The summed E-state index contributed by atoms with van der Waals surface area (Å²) in [6, 6.07) is 22.8. The third-order valence-corrected chi connectivity index (χ3v) is 4.06. The Hall–Kier alpha value is -2.49. The van der Waals surface area contributed by atoms with Crippen LogP contribution >= 0.6 is 23.2 Å². The molecule has 126 valence electrons. The summed E-state index contributed by atoms with van der Waals surface area (Å²) in [4.78, 5) is 0. The molecular formula is C20H16Cl2N2O. The van der Waals surface area contributed by atoms with Gasteiger partial charge in [0, 0.05) is 15.6 Å². The van der Waals surface area contributed by atoms with Gasteiger partial charge in [-0.3, -0.25) is 5.43 Å². The fourth-order valence-corrected chi connectivity index (χ4v) is 2.61. The van der Waals surface area contributed by atoms with Gasteiger partial charge >= 0.3 is 0 Å². The zero-order chi connectivity index (χ0) is 17.5. The normalized spacial score (nSPS) is 10.8. The molecule has 0 saturated heterocycles. The highest BCUT2D eigenvalue weighted by Gasteiger charge is 2.02. The van der Waals surface area contributed by atoms with Crippen molar-refractivity contribution >= 4 is 35.1 Å². The van der Waals surface area contributed by atoms with E-state index in [1.54, 1.807) is 18.3 Å². The molecule has 0 atom stereocenters. The second-order valence-electron chi connectivity index (χ2n) is 5.33. The Morgan fingerprint density at radius 3 is 2.40 bits per heavy atom. The van der Waals surface area contributed by atoms with E-state index < -0.39 is 0 Å². The minimum Gasteiger partial charge on any atom is -0.489 e. The molecule has 0 aromatic heterocycles. The minimum absolute atomic E-state index is 0.388. The van der Waals surface area contributed by atoms with Gasteiger partial charge in [0.05, 0.1) is 11.9 Å². The molecule has 0 radical (unpaired) electrons. The zero-order valence-corrected chi connectivity index (χ0v) is 14.8. The molecule has 25 heavy (non-hydrogen) atoms. The molecule has 0 unspecified atom stereocenters. The maximum Gasteiger partial charge on any atom is 0.119 e. The Morgan fingerprint density at radius 2 is 1.68 bits per heavy atom. The van der Waals surface area contributed by atoms with Crippen molar-refractivity contribution in [2.75, 3.05) is 5.43 Å². The molecular weight excluding hydrogens is 355 g/mol. The number of anilines is 1. The molecule has 0 fully saturated rings. The molecule has 0 bridgehead atoms. The molecule has 5 heteroatoms. The Bertz CT molecular complexity index is 849. The lowest BCUT2D eigenvalue weighted by Gasteiger charge is -2.08. The van der Waals surface area contributed by atoms with Crippen LogP contribution in [0.1, 0.15) is 11.1 Å². The summed E-state index contributed by atoms with van der Waals surface area (Å²) < 4.78 is 5.75. The van der Waals surface area contributed by atoms with Crippen LogP contribution in [0.3, 0.4) is 0 Å². The number of hydrogen-bond acceptors (Lipinski definition) is 3. The lowest BCUT2D eigenvalue weighted by atomic mass is 10.2. The molecule has 3 aromatic rings. The fourth-order valence-electron chi connectivity index (χ4n) is 2.14. The number of ether oxygens (including phenoxy) is 1. The van der Waals surface area contributed by atoms with E-state index >= 15 is 0 Å². The second kappa shape index (κ2) is 8.56. The minimum atomic E-state index is 0.388. The summed E-state index contributed by atoms with van der Waals surface area (Å²) >= 11 is 12.0. The summed E-state index contributed by atoms with van der Waals surface area (Å²) in [6.07, 6.45) is 1.76. The first-order valence-corrected chi connectivity index (χ1v) is 8.47. The van der Waals surface area contributed by atoms with Gasteiger partial charge in [-0.25, -0.2) is 0 Å². The molecule has 0 aliphatic rings. The van der Waals surface area contributed by atoms with Gasteiger partial charge in [-0.2, -0.15) is 5.10 Å². The smallest absolute Gasteiger partial charge is 0.119 e. The van der Waals surface area contributed by atoms with Crippen molar-refractivity contribution in [3.63, 3.8) is 0 Å². The molecule has 0 spiro atoms. The van der Waals surface area contributed by atoms with E-state index in [2.05, 4.69) is 10.5 Å². The molecule has 3 aromatic carbocycles. The molecule has 0 amide bonds. The van der Waals surface area contributed by atoms with Crippen LogP contribution < -0.4 is 10.2 Å². The van der Waals surface area contributed by atoms with Crippen molar-refractivity contribution in [3.05, 3.63) is 94.0 Å². The van der Waals surface area contributed by atoms with Gasteiger partial charge in [0.15, 0.2) is 0 Å². The Balaban J connectivity index is 1.55. The van der Waals surface area contributed by atoms with Gasteiger partial charge < -0.3 is 4.74 Å². The van der Waals surface area contributed by atoms with Crippen molar-refractivity contribution in [1.82, 2.24) is 0 Å². The highest BCUT2D eigenvalue weighted by atomic mass is 35.5. The predicted molar refractivity (Wildman–Crippen MR) is 105 cm³/mol. The van der Waals surface area contributed by atoms with Crippen LogP contribution in [0.2, 0.25) is 10.0 Å². The van der Waals surface area contributed by atoms with Gasteiger partial charge in [-0.05, 0) is 54.1 Å². The van der Waals surface area contributed by atoms with E-state index in [1.165, 1.54) is 0 Å². The van der Waals surface area contributed by atoms with Crippen LogP contribution in [0.25, 0.3) is 0 Å². The average molecular weight is 371 g/mol. The Labute approximate surface area is 156 Å². The summed E-state index contributed by atoms with van der Waals surface area (Å²) in [5, 5.41) is 5.42. The molecule has 0 saturated carbocycles. The third kappa shape index (κ3) is 5.24. The molecule has 0 heterocycles. The number of hydrogen-bond donors (Lipinski definition) is 1. The van der Waals surface area contributed by atoms with Crippen LogP contribution in [0.15, 0.2) is 77.9 Å². The van der Waals surface area contributed by atoms with Crippen LogP contribution in [-0.4, -0.2) is 6.21 Å². The van der Waals surface area contributed by atoms with E-state index in [9.17, 15) is 0 Å². The SMILES string of the molecule is Clc1ccc(COc2ccc(C=NNc3ccccc3)cc2)c(Cl)c1. The summed E-state index contributed by atoms with van der Waals surface area (Å²) in [6.45, 7) is 0.388. The molecule has 0 aliphatic carbocycles. The third-order valence-electron chi connectivity index (χ3n) is 3.47. The summed E-state index contributed by atoms with van der Waals surface area (Å²) in [5.41, 5.74) is 5.79. The summed E-state index contributed by atoms with van der Waals surface area (Å²) in [5.74, 6) is 0.763. The number of rotatable bonds is 6. The molecule has 3 nitrogen and oxygen atoms in total. The van der Waals surface area contributed by atoms with E-state index in [0.29, 0.717) is 16.7 Å². The summed E-state index contributed by atoms with van der Waals surface area (Å²) in [7, 11) is 0.